The lowest BCUT2D eigenvalue weighted by Crippen LogP contribution is -2.25. The highest BCUT2D eigenvalue weighted by Gasteiger charge is 2.10. The fraction of sp³-hybridized carbons (Fsp3) is 0.600. The maximum absolute atomic E-state index is 11.6. The minimum Gasteiger partial charge on any atom is -0.394 e. The summed E-state index contributed by atoms with van der Waals surface area (Å²) in [5.74, 6) is -0.0813. The van der Waals surface area contributed by atoms with Crippen molar-refractivity contribution in [2.75, 3.05) is 26.4 Å². The number of carbonyl (C=O) groups excluding carboxylic acids is 1. The number of aromatic nitrogens is 1. The van der Waals surface area contributed by atoms with Crippen molar-refractivity contribution >= 4 is 17.2 Å². The Morgan fingerprint density at radius 1 is 1.62 bits per heavy atom. The molecule has 0 spiro atoms. The maximum atomic E-state index is 11.6. The van der Waals surface area contributed by atoms with Crippen molar-refractivity contribution in [1.82, 2.24) is 10.3 Å². The Bertz CT molecular complexity index is 328. The van der Waals surface area contributed by atoms with Gasteiger partial charge in [0.25, 0.3) is 5.91 Å². The van der Waals surface area contributed by atoms with E-state index in [1.54, 1.807) is 5.51 Å². The van der Waals surface area contributed by atoms with Crippen LogP contribution in [0.3, 0.4) is 0 Å². The molecule has 0 bridgehead atoms. The highest BCUT2D eigenvalue weighted by atomic mass is 32.1. The Morgan fingerprint density at radius 3 is 3.06 bits per heavy atom. The monoisotopic (exact) mass is 244 g/mol. The molecule has 0 aliphatic heterocycles. The molecule has 0 aliphatic rings. The van der Waals surface area contributed by atoms with Crippen LogP contribution in [0.15, 0.2) is 5.51 Å². The lowest BCUT2D eigenvalue weighted by Gasteiger charge is -2.04. The lowest BCUT2D eigenvalue weighted by atomic mass is 10.3. The third-order valence-corrected chi connectivity index (χ3v) is 2.87. The van der Waals surface area contributed by atoms with E-state index in [9.17, 15) is 4.79 Å². The number of ether oxygens (including phenoxy) is 1. The van der Waals surface area contributed by atoms with Gasteiger partial charge in [-0.2, -0.15) is 0 Å². The number of rotatable bonds is 7. The summed E-state index contributed by atoms with van der Waals surface area (Å²) in [6.45, 7) is 3.31. The van der Waals surface area contributed by atoms with E-state index >= 15 is 0 Å². The molecule has 0 saturated carbocycles. The maximum Gasteiger partial charge on any atom is 0.263 e. The zero-order valence-corrected chi connectivity index (χ0v) is 10.0. The summed E-state index contributed by atoms with van der Waals surface area (Å²) in [7, 11) is 0. The van der Waals surface area contributed by atoms with Gasteiger partial charge < -0.3 is 15.2 Å². The number of hydrogen-bond donors (Lipinski definition) is 2. The molecule has 1 heterocycles. The second-order valence-corrected chi connectivity index (χ2v) is 4.07. The molecule has 0 saturated heterocycles. The summed E-state index contributed by atoms with van der Waals surface area (Å²) in [4.78, 5) is 16.3. The van der Waals surface area contributed by atoms with E-state index in [1.807, 2.05) is 6.92 Å². The molecule has 0 unspecified atom stereocenters. The number of aliphatic hydroxyl groups is 1. The van der Waals surface area contributed by atoms with E-state index in [2.05, 4.69) is 10.3 Å². The number of aryl methyl sites for hydroxylation is 1. The molecule has 0 aromatic carbocycles. The molecule has 0 radical (unpaired) electrons. The highest BCUT2D eigenvalue weighted by Crippen LogP contribution is 2.11. The number of nitrogens with zero attached hydrogens (tertiary/aromatic N) is 1. The summed E-state index contributed by atoms with van der Waals surface area (Å²) in [6, 6.07) is 0. The van der Waals surface area contributed by atoms with Crippen LogP contribution in [0.25, 0.3) is 0 Å². The summed E-state index contributed by atoms with van der Waals surface area (Å²) >= 11 is 1.34. The Balaban J connectivity index is 2.14. The summed E-state index contributed by atoms with van der Waals surface area (Å²) < 4.78 is 5.07. The van der Waals surface area contributed by atoms with E-state index in [0.717, 1.165) is 12.1 Å². The van der Waals surface area contributed by atoms with Crippen LogP contribution in [0, 0.1) is 6.92 Å². The van der Waals surface area contributed by atoms with Crippen molar-refractivity contribution in [3.8, 4) is 0 Å². The van der Waals surface area contributed by atoms with Gasteiger partial charge in [0.1, 0.15) is 4.88 Å². The van der Waals surface area contributed by atoms with Crippen LogP contribution < -0.4 is 5.32 Å². The predicted octanol–water partition coefficient (Wildman–Crippen LogP) is 0.580. The summed E-state index contributed by atoms with van der Waals surface area (Å²) in [5.41, 5.74) is 2.42. The number of aliphatic hydroxyl groups excluding tert-OH is 1. The quantitative estimate of drug-likeness (QED) is 0.688. The zero-order chi connectivity index (χ0) is 11.8. The molecule has 16 heavy (non-hydrogen) atoms. The first kappa shape index (κ1) is 13.1. The Hall–Kier alpha value is -0.980. The summed E-state index contributed by atoms with van der Waals surface area (Å²) in [6.07, 6.45) is 0.740. The van der Waals surface area contributed by atoms with Crippen molar-refractivity contribution in [3.05, 3.63) is 16.1 Å². The topological polar surface area (TPSA) is 71.5 Å². The van der Waals surface area contributed by atoms with E-state index in [-0.39, 0.29) is 12.5 Å². The van der Waals surface area contributed by atoms with Crippen LogP contribution in [0.4, 0.5) is 0 Å². The van der Waals surface area contributed by atoms with Gasteiger partial charge in [0, 0.05) is 13.2 Å². The van der Waals surface area contributed by atoms with Crippen molar-refractivity contribution in [2.45, 2.75) is 13.3 Å². The van der Waals surface area contributed by atoms with Crippen molar-refractivity contribution in [3.63, 3.8) is 0 Å². The molecule has 1 aromatic heterocycles. The van der Waals surface area contributed by atoms with Crippen molar-refractivity contribution in [2.24, 2.45) is 0 Å². The Labute approximate surface area is 98.5 Å². The van der Waals surface area contributed by atoms with E-state index in [1.165, 1.54) is 11.3 Å². The third-order valence-electron chi connectivity index (χ3n) is 1.94. The normalized spacial score (nSPS) is 10.4. The van der Waals surface area contributed by atoms with Gasteiger partial charge in [0.2, 0.25) is 0 Å². The molecule has 6 heteroatoms. The Kier molecular flexibility index (Phi) is 5.99. The number of carbonyl (C=O) groups is 1. The number of hydrogen-bond acceptors (Lipinski definition) is 5. The van der Waals surface area contributed by atoms with Gasteiger partial charge in [-0.25, -0.2) is 4.98 Å². The summed E-state index contributed by atoms with van der Waals surface area (Å²) in [5, 5.41) is 11.3. The SMILES string of the molecule is Cc1ncsc1C(=O)NCCCOCCO. The average molecular weight is 244 g/mol. The van der Waals surface area contributed by atoms with Gasteiger partial charge in [-0.05, 0) is 13.3 Å². The third kappa shape index (κ3) is 4.26. The number of amides is 1. The van der Waals surface area contributed by atoms with Crippen LogP contribution in [0.2, 0.25) is 0 Å². The van der Waals surface area contributed by atoms with Crippen LogP contribution in [0.1, 0.15) is 21.8 Å². The fourth-order valence-electron chi connectivity index (χ4n) is 1.14. The smallest absolute Gasteiger partial charge is 0.263 e. The molecule has 2 N–H and O–H groups in total. The fourth-order valence-corrected chi connectivity index (χ4v) is 1.86. The minimum atomic E-state index is -0.0813. The molecule has 90 valence electrons. The first-order chi connectivity index (χ1) is 7.75. The standard InChI is InChI=1S/C10H16N2O3S/c1-8-9(16-7-12-8)10(14)11-3-2-5-15-6-4-13/h7,13H,2-6H2,1H3,(H,11,14). The van der Waals surface area contributed by atoms with Crippen LogP contribution in [-0.2, 0) is 4.74 Å². The number of nitrogens with one attached hydrogen (secondary N) is 1. The van der Waals surface area contributed by atoms with Gasteiger partial charge >= 0.3 is 0 Å². The van der Waals surface area contributed by atoms with Crippen LogP contribution >= 0.6 is 11.3 Å². The zero-order valence-electron chi connectivity index (χ0n) is 9.23. The molecule has 0 fully saturated rings. The molecule has 5 nitrogen and oxygen atoms in total. The van der Waals surface area contributed by atoms with Gasteiger partial charge in [0.15, 0.2) is 0 Å². The van der Waals surface area contributed by atoms with E-state index in [0.29, 0.717) is 24.6 Å². The van der Waals surface area contributed by atoms with Crippen LogP contribution in [0.5, 0.6) is 0 Å². The number of thiazole rings is 1. The molecule has 1 rings (SSSR count). The van der Waals surface area contributed by atoms with Gasteiger partial charge in [-0.15, -0.1) is 11.3 Å². The lowest BCUT2D eigenvalue weighted by molar-refractivity contribution is 0.0869. The second-order valence-electron chi connectivity index (χ2n) is 3.21. The minimum absolute atomic E-state index is 0.0341. The Morgan fingerprint density at radius 2 is 2.44 bits per heavy atom. The molecular formula is C10H16N2O3S. The first-order valence-corrected chi connectivity index (χ1v) is 6.00. The highest BCUT2D eigenvalue weighted by molar-refractivity contribution is 7.11. The van der Waals surface area contributed by atoms with Gasteiger partial charge in [-0.1, -0.05) is 0 Å². The molecule has 0 atom stereocenters. The molecule has 0 aliphatic carbocycles. The average Bonchev–Trinajstić information content (AvgIpc) is 2.69. The molecular weight excluding hydrogens is 228 g/mol. The van der Waals surface area contributed by atoms with Crippen LogP contribution in [-0.4, -0.2) is 42.4 Å². The van der Waals surface area contributed by atoms with Gasteiger partial charge in [0.05, 0.1) is 24.4 Å². The first-order valence-electron chi connectivity index (χ1n) is 5.12. The second kappa shape index (κ2) is 7.32. The van der Waals surface area contributed by atoms with Gasteiger partial charge in [-0.3, -0.25) is 4.79 Å². The van der Waals surface area contributed by atoms with E-state index < -0.39 is 0 Å². The van der Waals surface area contributed by atoms with E-state index in [4.69, 9.17) is 9.84 Å². The largest absolute Gasteiger partial charge is 0.394 e. The predicted molar refractivity (Wildman–Crippen MR) is 61.7 cm³/mol. The van der Waals surface area contributed by atoms with Crippen molar-refractivity contribution < 1.29 is 14.6 Å². The van der Waals surface area contributed by atoms with Crippen molar-refractivity contribution in [1.29, 1.82) is 0 Å². The molecule has 1 aromatic rings. The molecule has 1 amide bonds.